The molecule has 10 heteroatoms. The van der Waals surface area contributed by atoms with Gasteiger partial charge in [-0.1, -0.05) is 41.0 Å². The topological polar surface area (TPSA) is 90.3 Å². The van der Waals surface area contributed by atoms with Crippen LogP contribution in [0.3, 0.4) is 0 Å². The summed E-state index contributed by atoms with van der Waals surface area (Å²) in [4.78, 5) is 16.9. The van der Waals surface area contributed by atoms with Gasteiger partial charge in [0.05, 0.1) is 38.2 Å². The fourth-order valence-electron chi connectivity index (χ4n) is 4.50. The lowest BCUT2D eigenvalue weighted by Gasteiger charge is -2.26. The molecule has 1 aromatic heterocycles. The van der Waals surface area contributed by atoms with E-state index in [0.717, 1.165) is 72.7 Å². The van der Waals surface area contributed by atoms with Crippen LogP contribution >= 0.6 is 11.6 Å². The van der Waals surface area contributed by atoms with E-state index in [1.165, 1.54) is 6.33 Å². The van der Waals surface area contributed by atoms with Crippen molar-refractivity contribution in [2.75, 3.05) is 51.9 Å². The third-order valence-electron chi connectivity index (χ3n) is 6.81. The van der Waals surface area contributed by atoms with Crippen molar-refractivity contribution in [3.63, 3.8) is 0 Å². The quantitative estimate of drug-likeness (QED) is 0.123. The van der Waals surface area contributed by atoms with Crippen molar-refractivity contribution in [3.8, 4) is 11.5 Å². The SMILES string of the molecule is COc1cc2ncnc(Nc3ccc(C(C)=NOCc4ccc(Cl)cc4)cc3)c2cc1OCCCN1CCOCC1. The van der Waals surface area contributed by atoms with E-state index in [9.17, 15) is 0 Å². The van der Waals surface area contributed by atoms with E-state index < -0.39 is 0 Å². The Morgan fingerprint density at radius 3 is 2.56 bits per heavy atom. The van der Waals surface area contributed by atoms with Gasteiger partial charge in [0.15, 0.2) is 11.5 Å². The van der Waals surface area contributed by atoms with E-state index in [1.54, 1.807) is 7.11 Å². The minimum absolute atomic E-state index is 0.374. The summed E-state index contributed by atoms with van der Waals surface area (Å²) in [7, 11) is 1.64. The Balaban J connectivity index is 1.23. The Hall–Kier alpha value is -3.92. The monoisotopic (exact) mass is 575 g/mol. The third-order valence-corrected chi connectivity index (χ3v) is 7.06. The van der Waals surface area contributed by atoms with E-state index in [4.69, 9.17) is 30.6 Å². The summed E-state index contributed by atoms with van der Waals surface area (Å²) < 4.78 is 17.2. The fraction of sp³-hybridized carbons (Fsp3) is 0.323. The largest absolute Gasteiger partial charge is 0.493 e. The van der Waals surface area contributed by atoms with Gasteiger partial charge in [-0.05, 0) is 54.8 Å². The van der Waals surface area contributed by atoms with Crippen molar-refractivity contribution in [2.24, 2.45) is 5.16 Å². The van der Waals surface area contributed by atoms with Crippen LogP contribution in [0.15, 0.2) is 72.1 Å². The Kier molecular flexibility index (Phi) is 9.85. The Labute approximate surface area is 245 Å². The molecule has 1 aliphatic heterocycles. The smallest absolute Gasteiger partial charge is 0.162 e. The van der Waals surface area contributed by atoms with Crippen molar-refractivity contribution >= 4 is 39.7 Å². The van der Waals surface area contributed by atoms with Gasteiger partial charge in [-0.2, -0.15) is 0 Å². The molecule has 0 unspecified atom stereocenters. The van der Waals surface area contributed by atoms with E-state index in [2.05, 4.69) is 25.3 Å². The molecule has 4 aromatic rings. The molecule has 0 bridgehead atoms. The van der Waals surface area contributed by atoms with Gasteiger partial charge >= 0.3 is 0 Å². The van der Waals surface area contributed by atoms with Crippen LogP contribution in [-0.2, 0) is 16.2 Å². The number of oxime groups is 1. The zero-order chi connectivity index (χ0) is 28.4. The summed E-state index contributed by atoms with van der Waals surface area (Å²) in [6, 6.07) is 19.3. The Morgan fingerprint density at radius 1 is 1.02 bits per heavy atom. The van der Waals surface area contributed by atoms with E-state index in [-0.39, 0.29) is 0 Å². The molecule has 1 fully saturated rings. The van der Waals surface area contributed by atoms with Crippen molar-refractivity contribution in [2.45, 2.75) is 20.0 Å². The van der Waals surface area contributed by atoms with Gasteiger partial charge in [-0.25, -0.2) is 9.97 Å². The zero-order valence-electron chi connectivity index (χ0n) is 23.3. The molecule has 0 atom stereocenters. The molecule has 0 radical (unpaired) electrons. The van der Waals surface area contributed by atoms with Gasteiger partial charge in [0.25, 0.3) is 0 Å². The van der Waals surface area contributed by atoms with Gasteiger partial charge in [0, 0.05) is 41.8 Å². The molecule has 1 aliphatic rings. The average molecular weight is 576 g/mol. The second-order valence-electron chi connectivity index (χ2n) is 9.68. The lowest BCUT2D eigenvalue weighted by atomic mass is 10.1. The molecule has 9 nitrogen and oxygen atoms in total. The van der Waals surface area contributed by atoms with Gasteiger partial charge in [-0.15, -0.1) is 0 Å². The molecule has 0 saturated carbocycles. The van der Waals surface area contributed by atoms with Crippen molar-refractivity contribution in [3.05, 3.63) is 83.1 Å². The highest BCUT2D eigenvalue weighted by Gasteiger charge is 2.14. The van der Waals surface area contributed by atoms with Crippen molar-refractivity contribution in [1.29, 1.82) is 0 Å². The summed E-state index contributed by atoms with van der Waals surface area (Å²) in [6.07, 6.45) is 2.45. The summed E-state index contributed by atoms with van der Waals surface area (Å²) in [5.74, 6) is 1.99. The molecule has 1 N–H and O–H groups in total. The minimum Gasteiger partial charge on any atom is -0.493 e. The molecule has 5 rings (SSSR count). The molecule has 1 saturated heterocycles. The van der Waals surface area contributed by atoms with Gasteiger partial charge in [-0.3, -0.25) is 4.90 Å². The minimum atomic E-state index is 0.374. The first-order chi connectivity index (χ1) is 20.1. The van der Waals surface area contributed by atoms with E-state index in [0.29, 0.717) is 35.6 Å². The number of nitrogens with one attached hydrogen (secondary N) is 1. The molecule has 0 spiro atoms. The molecule has 214 valence electrons. The number of hydrogen-bond donors (Lipinski definition) is 1. The maximum Gasteiger partial charge on any atom is 0.162 e. The van der Waals surface area contributed by atoms with Crippen LogP contribution in [0.25, 0.3) is 10.9 Å². The van der Waals surface area contributed by atoms with Crippen LogP contribution in [0, 0.1) is 0 Å². The van der Waals surface area contributed by atoms with Gasteiger partial charge < -0.3 is 24.4 Å². The van der Waals surface area contributed by atoms with Gasteiger partial charge in [0.1, 0.15) is 18.8 Å². The Bertz CT molecular complexity index is 1460. The predicted octanol–water partition coefficient (Wildman–Crippen LogP) is 6.08. The fourth-order valence-corrected chi connectivity index (χ4v) is 4.63. The molecular weight excluding hydrogens is 542 g/mol. The number of methoxy groups -OCH3 is 1. The number of nitrogens with zero attached hydrogens (tertiary/aromatic N) is 4. The second-order valence-corrected chi connectivity index (χ2v) is 10.1. The lowest BCUT2D eigenvalue weighted by Crippen LogP contribution is -2.37. The molecular formula is C31H34ClN5O4. The third kappa shape index (κ3) is 7.85. The van der Waals surface area contributed by atoms with Crippen LogP contribution in [0.4, 0.5) is 11.5 Å². The first-order valence-corrected chi connectivity index (χ1v) is 14.0. The number of rotatable bonds is 12. The molecule has 41 heavy (non-hydrogen) atoms. The van der Waals surface area contributed by atoms with E-state index in [1.807, 2.05) is 67.6 Å². The normalized spacial score (nSPS) is 14.2. The molecule has 0 amide bonds. The molecule has 2 heterocycles. The highest BCUT2D eigenvalue weighted by molar-refractivity contribution is 6.30. The first-order valence-electron chi connectivity index (χ1n) is 13.6. The van der Waals surface area contributed by atoms with Crippen molar-refractivity contribution < 1.29 is 19.0 Å². The number of anilines is 2. The van der Waals surface area contributed by atoms with Crippen LogP contribution in [-0.4, -0.2) is 67.1 Å². The van der Waals surface area contributed by atoms with E-state index >= 15 is 0 Å². The number of aromatic nitrogens is 2. The highest BCUT2D eigenvalue weighted by Crippen LogP contribution is 2.35. The number of fused-ring (bicyclic) bond motifs is 1. The van der Waals surface area contributed by atoms with Crippen LogP contribution in [0.2, 0.25) is 5.02 Å². The lowest BCUT2D eigenvalue weighted by molar-refractivity contribution is 0.0357. The maximum atomic E-state index is 6.14. The van der Waals surface area contributed by atoms with Crippen LogP contribution < -0.4 is 14.8 Å². The molecule has 0 aliphatic carbocycles. The molecule has 3 aromatic carbocycles. The zero-order valence-corrected chi connectivity index (χ0v) is 24.1. The van der Waals surface area contributed by atoms with Gasteiger partial charge in [0.2, 0.25) is 0 Å². The number of morpholine rings is 1. The average Bonchev–Trinajstić information content (AvgIpc) is 3.01. The van der Waals surface area contributed by atoms with Crippen LogP contribution in [0.5, 0.6) is 11.5 Å². The second kappa shape index (κ2) is 14.1. The number of ether oxygens (including phenoxy) is 3. The number of halogens is 1. The first kappa shape index (κ1) is 28.6. The van der Waals surface area contributed by atoms with Crippen molar-refractivity contribution in [1.82, 2.24) is 14.9 Å². The highest BCUT2D eigenvalue weighted by atomic mass is 35.5. The Morgan fingerprint density at radius 2 is 1.80 bits per heavy atom. The summed E-state index contributed by atoms with van der Waals surface area (Å²) in [6.45, 7) is 7.38. The number of benzene rings is 3. The summed E-state index contributed by atoms with van der Waals surface area (Å²) >= 11 is 5.94. The summed E-state index contributed by atoms with van der Waals surface area (Å²) in [5.41, 5.74) is 4.38. The van der Waals surface area contributed by atoms with Crippen LogP contribution in [0.1, 0.15) is 24.5 Å². The summed E-state index contributed by atoms with van der Waals surface area (Å²) in [5, 5.41) is 9.20. The maximum absolute atomic E-state index is 6.14. The predicted molar refractivity (Wildman–Crippen MR) is 162 cm³/mol. The standard InChI is InChI=1S/C31H34ClN5O4/c1-22(36-41-20-23-4-8-25(32)9-5-23)24-6-10-26(11-7-24)35-31-27-18-30(29(38-2)19-28(27)33-21-34-31)40-15-3-12-37-13-16-39-17-14-37/h4-11,18-19,21H,3,12-17,20H2,1-2H3,(H,33,34,35). The number of hydrogen-bond acceptors (Lipinski definition) is 9.